The lowest BCUT2D eigenvalue weighted by molar-refractivity contribution is 0.472. The molecule has 0 spiro atoms. The van der Waals surface area contributed by atoms with Gasteiger partial charge in [-0.25, -0.2) is 0 Å². The molecule has 0 aliphatic carbocycles. The molecule has 4 aromatic rings. The molecule has 1 aliphatic rings. The highest BCUT2D eigenvalue weighted by atomic mass is 35.5. The topological polar surface area (TPSA) is 56.6 Å². The van der Waals surface area contributed by atoms with Crippen molar-refractivity contribution >= 4 is 40.3 Å². The number of aryl methyl sites for hydroxylation is 1. The molecule has 2 aromatic carbocycles. The van der Waals surface area contributed by atoms with Gasteiger partial charge in [0.2, 0.25) is 0 Å². The standard InChI is InChI=1S/C28H28ClN5OS/c1-17-15-22(18(2)33(17)21-11-9-20(10-12-21)32(3)4)27-26(23-7-5-6-14-30-23)31-28(36)34(27)24-16-19(29)8-13-25(24)35/h5-16,26-27,35H,1-4H3,(H,31,36). The minimum atomic E-state index is -0.252. The van der Waals surface area contributed by atoms with Crippen molar-refractivity contribution in [1.82, 2.24) is 14.9 Å². The van der Waals surface area contributed by atoms with Crippen LogP contribution >= 0.6 is 23.8 Å². The van der Waals surface area contributed by atoms with Gasteiger partial charge >= 0.3 is 0 Å². The summed E-state index contributed by atoms with van der Waals surface area (Å²) in [7, 11) is 4.07. The normalized spacial score (nSPS) is 17.4. The Hall–Kier alpha value is -3.55. The fourth-order valence-corrected chi connectivity index (χ4v) is 5.51. The third kappa shape index (κ3) is 4.18. The van der Waals surface area contributed by atoms with Crippen molar-refractivity contribution < 1.29 is 5.11 Å². The maximum absolute atomic E-state index is 10.8. The van der Waals surface area contributed by atoms with Crippen LogP contribution in [0.25, 0.3) is 5.69 Å². The second-order valence-electron chi connectivity index (χ2n) is 9.20. The molecule has 0 saturated carbocycles. The van der Waals surface area contributed by atoms with Crippen molar-refractivity contribution in [2.45, 2.75) is 25.9 Å². The number of halogens is 1. The Labute approximate surface area is 221 Å². The lowest BCUT2D eigenvalue weighted by Gasteiger charge is -2.28. The van der Waals surface area contributed by atoms with E-state index >= 15 is 0 Å². The number of thiocarbonyl (C=S) groups is 1. The summed E-state index contributed by atoms with van der Waals surface area (Å²) in [6.07, 6.45) is 1.78. The van der Waals surface area contributed by atoms with Crippen molar-refractivity contribution in [2.75, 3.05) is 23.9 Å². The van der Waals surface area contributed by atoms with Crippen molar-refractivity contribution in [3.8, 4) is 11.4 Å². The number of hydrogen-bond donors (Lipinski definition) is 2. The highest BCUT2D eigenvalue weighted by Crippen LogP contribution is 2.46. The smallest absolute Gasteiger partial charge is 0.174 e. The Kier molecular flexibility index (Phi) is 6.36. The van der Waals surface area contributed by atoms with Crippen LogP contribution in [-0.4, -0.2) is 33.9 Å². The fourth-order valence-electron chi connectivity index (χ4n) is 5.00. The first kappa shape index (κ1) is 24.2. The summed E-state index contributed by atoms with van der Waals surface area (Å²) < 4.78 is 2.25. The molecule has 0 bridgehead atoms. The van der Waals surface area contributed by atoms with Crippen LogP contribution in [0.3, 0.4) is 0 Å². The molecule has 2 aromatic heterocycles. The second kappa shape index (κ2) is 9.48. The van der Waals surface area contributed by atoms with Crippen molar-refractivity contribution in [3.05, 3.63) is 101 Å². The molecule has 1 aliphatic heterocycles. The molecule has 3 heterocycles. The van der Waals surface area contributed by atoms with Gasteiger partial charge in [0.15, 0.2) is 5.11 Å². The van der Waals surface area contributed by atoms with Gasteiger partial charge in [-0.1, -0.05) is 17.7 Å². The van der Waals surface area contributed by atoms with E-state index in [1.165, 1.54) is 0 Å². The average Bonchev–Trinajstić information content (AvgIpc) is 3.36. The number of nitrogens with one attached hydrogen (secondary N) is 1. The zero-order chi connectivity index (χ0) is 25.6. The summed E-state index contributed by atoms with van der Waals surface area (Å²) in [4.78, 5) is 8.67. The Morgan fingerprint density at radius 2 is 1.78 bits per heavy atom. The molecule has 6 nitrogen and oxygen atoms in total. The fraction of sp³-hybridized carbons (Fsp3) is 0.214. The van der Waals surface area contributed by atoms with Gasteiger partial charge in [0.1, 0.15) is 5.75 Å². The van der Waals surface area contributed by atoms with Crippen molar-refractivity contribution in [2.24, 2.45) is 0 Å². The summed E-state index contributed by atoms with van der Waals surface area (Å²) in [5.41, 5.74) is 6.94. The number of hydrogen-bond acceptors (Lipinski definition) is 4. The van der Waals surface area contributed by atoms with E-state index in [0.29, 0.717) is 15.8 Å². The zero-order valence-corrected chi connectivity index (χ0v) is 22.2. The van der Waals surface area contributed by atoms with E-state index < -0.39 is 0 Å². The number of aromatic nitrogens is 2. The largest absolute Gasteiger partial charge is 0.506 e. The van der Waals surface area contributed by atoms with Gasteiger partial charge < -0.3 is 24.8 Å². The van der Waals surface area contributed by atoms with E-state index in [-0.39, 0.29) is 17.8 Å². The molecule has 0 amide bonds. The SMILES string of the molecule is Cc1cc(C2C(c3ccccn3)NC(=S)N2c2cc(Cl)ccc2O)c(C)n1-c1ccc(N(C)C)cc1. The van der Waals surface area contributed by atoms with Gasteiger partial charge in [-0.05, 0) is 92.3 Å². The number of benzene rings is 2. The van der Waals surface area contributed by atoms with E-state index in [1.54, 1.807) is 24.4 Å². The molecule has 36 heavy (non-hydrogen) atoms. The lowest BCUT2D eigenvalue weighted by atomic mass is 9.96. The number of phenolic OH excluding ortho intramolecular Hbond substituents is 1. The first-order valence-electron chi connectivity index (χ1n) is 11.7. The van der Waals surface area contributed by atoms with Crippen LogP contribution in [0.15, 0.2) is 72.9 Å². The van der Waals surface area contributed by atoms with Crippen LogP contribution in [-0.2, 0) is 0 Å². The van der Waals surface area contributed by atoms with Crippen molar-refractivity contribution in [3.63, 3.8) is 0 Å². The number of rotatable bonds is 5. The molecular weight excluding hydrogens is 490 g/mol. The molecule has 2 unspecified atom stereocenters. The van der Waals surface area contributed by atoms with Gasteiger partial charge in [0, 0.05) is 48.1 Å². The highest BCUT2D eigenvalue weighted by molar-refractivity contribution is 7.80. The first-order chi connectivity index (χ1) is 17.3. The third-order valence-electron chi connectivity index (χ3n) is 6.71. The van der Waals surface area contributed by atoms with Crippen LogP contribution in [0.4, 0.5) is 11.4 Å². The maximum Gasteiger partial charge on any atom is 0.174 e. The van der Waals surface area contributed by atoms with E-state index in [0.717, 1.165) is 34.0 Å². The molecule has 0 radical (unpaired) electrons. The number of phenols is 1. The highest BCUT2D eigenvalue weighted by Gasteiger charge is 2.43. The molecule has 1 fully saturated rings. The van der Waals surface area contributed by atoms with Crippen LogP contribution in [0.1, 0.15) is 34.7 Å². The molecular formula is C28H28ClN5OS. The minimum absolute atomic E-state index is 0.114. The zero-order valence-electron chi connectivity index (χ0n) is 20.6. The van der Waals surface area contributed by atoms with Gasteiger partial charge in [0.05, 0.1) is 23.5 Å². The quantitative estimate of drug-likeness (QED) is 0.312. The Morgan fingerprint density at radius 1 is 1.03 bits per heavy atom. The molecule has 2 atom stereocenters. The number of pyridine rings is 1. The minimum Gasteiger partial charge on any atom is -0.506 e. The number of anilines is 2. The third-order valence-corrected chi connectivity index (χ3v) is 7.26. The summed E-state index contributed by atoms with van der Waals surface area (Å²) in [5, 5.41) is 15.3. The van der Waals surface area contributed by atoms with E-state index in [4.69, 9.17) is 23.8 Å². The van der Waals surface area contributed by atoms with Gasteiger partial charge in [-0.2, -0.15) is 0 Å². The van der Waals surface area contributed by atoms with Gasteiger partial charge in [-0.3, -0.25) is 4.98 Å². The Balaban J connectivity index is 1.67. The Bertz CT molecular complexity index is 1420. The summed E-state index contributed by atoms with van der Waals surface area (Å²) in [5.74, 6) is 0.114. The first-order valence-corrected chi connectivity index (χ1v) is 12.5. The van der Waals surface area contributed by atoms with Crippen molar-refractivity contribution in [1.29, 1.82) is 0 Å². The number of aromatic hydroxyl groups is 1. The van der Waals surface area contributed by atoms with Crippen LogP contribution in [0.2, 0.25) is 5.02 Å². The Morgan fingerprint density at radius 3 is 2.44 bits per heavy atom. The molecule has 2 N–H and O–H groups in total. The number of nitrogens with zero attached hydrogens (tertiary/aromatic N) is 4. The van der Waals surface area contributed by atoms with Gasteiger partial charge in [0.25, 0.3) is 0 Å². The van der Waals surface area contributed by atoms with Crippen LogP contribution in [0, 0.1) is 13.8 Å². The summed E-state index contributed by atoms with van der Waals surface area (Å²) in [6, 6.07) is 21.1. The predicted molar refractivity (Wildman–Crippen MR) is 151 cm³/mol. The molecule has 8 heteroatoms. The van der Waals surface area contributed by atoms with Crippen LogP contribution < -0.4 is 15.1 Å². The summed E-state index contributed by atoms with van der Waals surface area (Å²) >= 11 is 12.2. The van der Waals surface area contributed by atoms with Crippen LogP contribution in [0.5, 0.6) is 5.75 Å². The summed E-state index contributed by atoms with van der Waals surface area (Å²) in [6.45, 7) is 4.23. The molecule has 5 rings (SSSR count). The monoisotopic (exact) mass is 517 g/mol. The molecule has 1 saturated heterocycles. The molecule has 184 valence electrons. The van der Waals surface area contributed by atoms with E-state index in [9.17, 15) is 5.11 Å². The van der Waals surface area contributed by atoms with E-state index in [1.807, 2.05) is 37.2 Å². The second-order valence-corrected chi connectivity index (χ2v) is 10.0. The predicted octanol–water partition coefficient (Wildman–Crippen LogP) is 6.09. The van der Waals surface area contributed by atoms with Gasteiger partial charge in [-0.15, -0.1) is 0 Å². The average molecular weight is 518 g/mol. The van der Waals surface area contributed by atoms with E-state index in [2.05, 4.69) is 63.9 Å². The maximum atomic E-state index is 10.8. The lowest BCUT2D eigenvalue weighted by Crippen LogP contribution is -2.29.